The van der Waals surface area contributed by atoms with Crippen LogP contribution in [0.1, 0.15) is 6.92 Å². The number of methoxy groups -OCH3 is 1. The monoisotopic (exact) mass is 260 g/mol. The number of hydrogen-bond acceptors (Lipinski definition) is 3. The largest absolute Gasteiger partial charge is 0.497 e. The molecule has 0 aliphatic carbocycles. The Morgan fingerprint density at radius 1 is 1.27 bits per heavy atom. The molecule has 1 rings (SSSR count). The smallest absolute Gasteiger partial charge is 0.344 e. The van der Waals surface area contributed by atoms with Crippen LogP contribution in [0.5, 0.6) is 11.5 Å². The van der Waals surface area contributed by atoms with Gasteiger partial charge in [-0.3, -0.25) is 0 Å². The summed E-state index contributed by atoms with van der Waals surface area (Å²) in [4.78, 5) is 10.5. The molecule has 0 heterocycles. The van der Waals surface area contributed by atoms with Gasteiger partial charge >= 0.3 is 5.97 Å². The van der Waals surface area contributed by atoms with Crippen LogP contribution in [0.4, 0.5) is 0 Å². The van der Waals surface area contributed by atoms with Gasteiger partial charge in [0.25, 0.3) is 0 Å². The zero-order valence-corrected chi connectivity index (χ0v) is 11.7. The maximum Gasteiger partial charge on any atom is 0.344 e. The summed E-state index contributed by atoms with van der Waals surface area (Å²) < 4.78 is 10.1. The Bertz CT molecular complexity index is 310. The van der Waals surface area contributed by atoms with Crippen molar-refractivity contribution in [1.82, 2.24) is 0 Å². The summed E-state index contributed by atoms with van der Waals surface area (Å²) in [7, 11) is 1.57. The van der Waals surface area contributed by atoms with E-state index in [1.807, 2.05) is 0 Å². The Labute approximate surface area is 101 Å². The van der Waals surface area contributed by atoms with Gasteiger partial charge in [-0.15, -0.1) is 0 Å². The molecule has 0 saturated carbocycles. The van der Waals surface area contributed by atoms with Gasteiger partial charge < -0.3 is 14.6 Å². The molecule has 15 heavy (non-hydrogen) atoms. The number of carbonyl (C=O) groups is 1. The maximum atomic E-state index is 10.5. The predicted octanol–water partition coefficient (Wildman–Crippen LogP) is 1.54. The van der Waals surface area contributed by atoms with E-state index in [0.29, 0.717) is 11.5 Å². The molecule has 1 unspecified atom stereocenters. The Morgan fingerprint density at radius 2 is 1.73 bits per heavy atom. The predicted molar refractivity (Wildman–Crippen MR) is 50.7 cm³/mol. The normalized spacial score (nSPS) is 11.1. The molecule has 5 heteroatoms. The Balaban J connectivity index is 0.00000196. The third-order valence-corrected chi connectivity index (χ3v) is 1.72. The first-order valence-electron chi connectivity index (χ1n) is 4.17. The molecular formula is C10H12O4Zn. The number of carboxylic acid groups (broad SMARTS) is 1. The van der Waals surface area contributed by atoms with Crippen LogP contribution in [0, 0.1) is 0 Å². The van der Waals surface area contributed by atoms with Crippen molar-refractivity contribution in [2.45, 2.75) is 13.0 Å². The van der Waals surface area contributed by atoms with Crippen molar-refractivity contribution in [3.05, 3.63) is 24.3 Å². The van der Waals surface area contributed by atoms with Crippen LogP contribution >= 0.6 is 0 Å². The van der Waals surface area contributed by atoms with E-state index in [0.717, 1.165) is 0 Å². The summed E-state index contributed by atoms with van der Waals surface area (Å²) in [6.07, 6.45) is -0.844. The Morgan fingerprint density at radius 3 is 2.13 bits per heavy atom. The molecule has 0 radical (unpaired) electrons. The first-order valence-corrected chi connectivity index (χ1v) is 4.17. The van der Waals surface area contributed by atoms with Crippen LogP contribution in [-0.4, -0.2) is 24.3 Å². The number of ether oxygens (including phenoxy) is 2. The number of hydrogen-bond donors (Lipinski definition) is 1. The fourth-order valence-electron chi connectivity index (χ4n) is 0.909. The summed E-state index contributed by atoms with van der Waals surface area (Å²) in [5.41, 5.74) is 0. The SMILES string of the molecule is COc1ccc(OC(C)C(=O)O)cc1.[Zn]. The molecule has 0 fully saturated rings. The topological polar surface area (TPSA) is 55.8 Å². The average Bonchev–Trinajstić information content (AvgIpc) is 2.19. The second kappa shape index (κ2) is 6.41. The second-order valence-electron chi connectivity index (χ2n) is 2.77. The third kappa shape index (κ3) is 4.30. The van der Waals surface area contributed by atoms with E-state index in [9.17, 15) is 4.79 Å². The first kappa shape index (κ1) is 13.9. The van der Waals surface area contributed by atoms with Gasteiger partial charge in [0.1, 0.15) is 11.5 Å². The van der Waals surface area contributed by atoms with Gasteiger partial charge in [-0.05, 0) is 31.2 Å². The minimum absolute atomic E-state index is 0. The molecule has 78 valence electrons. The third-order valence-electron chi connectivity index (χ3n) is 1.72. The van der Waals surface area contributed by atoms with Gasteiger partial charge in [0.2, 0.25) is 0 Å². The van der Waals surface area contributed by atoms with Gasteiger partial charge in [0, 0.05) is 19.5 Å². The molecule has 0 amide bonds. The maximum absolute atomic E-state index is 10.5. The van der Waals surface area contributed by atoms with Crippen molar-refractivity contribution >= 4 is 5.97 Å². The Kier molecular flexibility index (Phi) is 5.94. The number of benzene rings is 1. The van der Waals surface area contributed by atoms with E-state index in [-0.39, 0.29) is 19.5 Å². The van der Waals surface area contributed by atoms with Crippen molar-refractivity contribution in [1.29, 1.82) is 0 Å². The molecule has 1 atom stereocenters. The summed E-state index contributed by atoms with van der Waals surface area (Å²) >= 11 is 0. The number of rotatable bonds is 4. The summed E-state index contributed by atoms with van der Waals surface area (Å²) in [5.74, 6) is 0.238. The van der Waals surface area contributed by atoms with Crippen molar-refractivity contribution in [2.24, 2.45) is 0 Å². The summed E-state index contributed by atoms with van der Waals surface area (Å²) in [6, 6.07) is 6.75. The van der Waals surface area contributed by atoms with Crippen LogP contribution in [0.2, 0.25) is 0 Å². The van der Waals surface area contributed by atoms with Gasteiger partial charge in [0.15, 0.2) is 6.10 Å². The molecule has 1 N–H and O–H groups in total. The van der Waals surface area contributed by atoms with Crippen LogP contribution in [-0.2, 0) is 24.3 Å². The molecule has 4 nitrogen and oxygen atoms in total. The van der Waals surface area contributed by atoms with Gasteiger partial charge in [0.05, 0.1) is 7.11 Å². The Hall–Kier alpha value is -1.09. The van der Waals surface area contributed by atoms with Crippen LogP contribution < -0.4 is 9.47 Å². The van der Waals surface area contributed by atoms with E-state index in [1.165, 1.54) is 6.92 Å². The molecule has 0 spiro atoms. The van der Waals surface area contributed by atoms with Gasteiger partial charge in [-0.1, -0.05) is 0 Å². The molecule has 0 aromatic heterocycles. The first-order chi connectivity index (χ1) is 6.63. The van der Waals surface area contributed by atoms with Gasteiger partial charge in [-0.25, -0.2) is 4.79 Å². The fraction of sp³-hybridized carbons (Fsp3) is 0.300. The van der Waals surface area contributed by atoms with Crippen molar-refractivity contribution in [3.8, 4) is 11.5 Å². The standard InChI is InChI=1S/C10H12O4.Zn/c1-7(10(11)12)14-9-5-3-8(13-2)4-6-9;/h3-7H,1-2H3,(H,11,12);. The minimum Gasteiger partial charge on any atom is -0.497 e. The average molecular weight is 262 g/mol. The van der Waals surface area contributed by atoms with Crippen molar-refractivity contribution in [2.75, 3.05) is 7.11 Å². The van der Waals surface area contributed by atoms with Crippen LogP contribution in [0.25, 0.3) is 0 Å². The summed E-state index contributed by atoms with van der Waals surface area (Å²) in [6.45, 7) is 1.48. The molecule has 0 aliphatic heterocycles. The molecule has 0 bridgehead atoms. The molecular weight excluding hydrogens is 249 g/mol. The summed E-state index contributed by atoms with van der Waals surface area (Å²) in [5, 5.41) is 8.59. The van der Waals surface area contributed by atoms with Crippen LogP contribution in [0.15, 0.2) is 24.3 Å². The van der Waals surface area contributed by atoms with E-state index in [1.54, 1.807) is 31.4 Å². The van der Waals surface area contributed by atoms with Crippen molar-refractivity contribution in [3.63, 3.8) is 0 Å². The van der Waals surface area contributed by atoms with E-state index >= 15 is 0 Å². The number of aliphatic carboxylic acids is 1. The van der Waals surface area contributed by atoms with Gasteiger partial charge in [-0.2, -0.15) is 0 Å². The zero-order valence-electron chi connectivity index (χ0n) is 8.77. The van der Waals surface area contributed by atoms with E-state index in [2.05, 4.69) is 0 Å². The molecule has 0 saturated heterocycles. The fourth-order valence-corrected chi connectivity index (χ4v) is 0.909. The van der Waals surface area contributed by atoms with Crippen LogP contribution in [0.3, 0.4) is 0 Å². The molecule has 1 aromatic rings. The number of carboxylic acids is 1. The van der Waals surface area contributed by atoms with E-state index in [4.69, 9.17) is 14.6 Å². The molecule has 0 aliphatic rings. The van der Waals surface area contributed by atoms with Crippen molar-refractivity contribution < 1.29 is 38.9 Å². The molecule has 1 aromatic carbocycles. The van der Waals surface area contributed by atoms with E-state index < -0.39 is 12.1 Å². The zero-order chi connectivity index (χ0) is 10.6. The minimum atomic E-state index is -0.985. The second-order valence-corrected chi connectivity index (χ2v) is 2.77. The quantitative estimate of drug-likeness (QED) is 0.836.